The fourth-order valence-electron chi connectivity index (χ4n) is 2.61. The van der Waals surface area contributed by atoms with Gasteiger partial charge < -0.3 is 9.73 Å². The molecule has 2 aromatic carbocycles. The molecule has 0 fully saturated rings. The highest BCUT2D eigenvalue weighted by molar-refractivity contribution is 6.09. The van der Waals surface area contributed by atoms with Gasteiger partial charge in [0.15, 0.2) is 0 Å². The first-order valence-corrected chi connectivity index (χ1v) is 8.51. The standard InChI is InChI=1S/C20H11FN4O6/c21-16-3-1-2-4-17(16)23-20(26)12(11-22)9-14-6-8-19(31-14)15-7-5-13(24(27)28)10-18(15)25(29)30/h1-10H,(H,23,26)/b12-9-. The van der Waals surface area contributed by atoms with Gasteiger partial charge in [0.2, 0.25) is 0 Å². The van der Waals surface area contributed by atoms with Crippen LogP contribution in [0.1, 0.15) is 5.76 Å². The van der Waals surface area contributed by atoms with E-state index in [1.807, 2.05) is 0 Å². The Labute approximate surface area is 173 Å². The summed E-state index contributed by atoms with van der Waals surface area (Å²) in [5, 5.41) is 33.7. The summed E-state index contributed by atoms with van der Waals surface area (Å²) in [6, 6.07) is 12.8. The Hall–Kier alpha value is -4.85. The van der Waals surface area contributed by atoms with E-state index in [9.17, 15) is 34.7 Å². The van der Waals surface area contributed by atoms with E-state index in [1.165, 1.54) is 36.4 Å². The summed E-state index contributed by atoms with van der Waals surface area (Å²) in [7, 11) is 0. The van der Waals surface area contributed by atoms with Gasteiger partial charge in [-0.05, 0) is 30.3 Å². The van der Waals surface area contributed by atoms with E-state index in [0.29, 0.717) is 0 Å². The molecule has 31 heavy (non-hydrogen) atoms. The molecule has 0 saturated carbocycles. The minimum atomic E-state index is -0.883. The summed E-state index contributed by atoms with van der Waals surface area (Å²) in [5.41, 5.74) is -1.54. The Morgan fingerprint density at radius 2 is 1.84 bits per heavy atom. The molecule has 10 nitrogen and oxygen atoms in total. The molecule has 1 N–H and O–H groups in total. The molecule has 0 aliphatic rings. The van der Waals surface area contributed by atoms with Crippen molar-refractivity contribution in [1.82, 2.24) is 0 Å². The molecule has 154 valence electrons. The third-order valence-electron chi connectivity index (χ3n) is 4.05. The topological polar surface area (TPSA) is 152 Å². The van der Waals surface area contributed by atoms with Gasteiger partial charge in [-0.1, -0.05) is 12.1 Å². The summed E-state index contributed by atoms with van der Waals surface area (Å²) >= 11 is 0. The maximum Gasteiger partial charge on any atom is 0.287 e. The maximum atomic E-state index is 13.7. The van der Waals surface area contributed by atoms with Crippen LogP contribution >= 0.6 is 0 Å². The van der Waals surface area contributed by atoms with Crippen LogP contribution in [0.2, 0.25) is 0 Å². The third kappa shape index (κ3) is 4.60. The number of carbonyl (C=O) groups is 1. The van der Waals surface area contributed by atoms with Gasteiger partial charge in [0, 0.05) is 12.1 Å². The van der Waals surface area contributed by atoms with Crippen LogP contribution in [0.3, 0.4) is 0 Å². The van der Waals surface area contributed by atoms with Crippen LogP contribution in [0.4, 0.5) is 21.5 Å². The summed E-state index contributed by atoms with van der Waals surface area (Å²) in [6.45, 7) is 0. The lowest BCUT2D eigenvalue weighted by Gasteiger charge is -2.04. The molecule has 0 unspecified atom stereocenters. The Bertz CT molecular complexity index is 1270. The van der Waals surface area contributed by atoms with Crippen molar-refractivity contribution in [3.63, 3.8) is 0 Å². The van der Waals surface area contributed by atoms with E-state index in [0.717, 1.165) is 24.3 Å². The quantitative estimate of drug-likeness (QED) is 0.266. The Morgan fingerprint density at radius 3 is 2.48 bits per heavy atom. The summed E-state index contributed by atoms with van der Waals surface area (Å²) in [6.07, 6.45) is 1.08. The summed E-state index contributed by atoms with van der Waals surface area (Å²) < 4.78 is 19.1. The molecule has 0 aliphatic heterocycles. The van der Waals surface area contributed by atoms with Gasteiger partial charge in [-0.25, -0.2) is 4.39 Å². The molecule has 11 heteroatoms. The number of nitro benzene ring substituents is 2. The number of nitriles is 1. The van der Waals surface area contributed by atoms with E-state index in [4.69, 9.17) is 4.42 Å². The number of benzene rings is 2. The van der Waals surface area contributed by atoms with Crippen molar-refractivity contribution in [1.29, 1.82) is 5.26 Å². The van der Waals surface area contributed by atoms with E-state index in [2.05, 4.69) is 5.32 Å². The Balaban J connectivity index is 1.91. The van der Waals surface area contributed by atoms with Gasteiger partial charge in [0.1, 0.15) is 29.0 Å². The number of amides is 1. The molecule has 0 saturated heterocycles. The minimum absolute atomic E-state index is 0.000324. The van der Waals surface area contributed by atoms with Crippen molar-refractivity contribution in [3.8, 4) is 17.4 Å². The van der Waals surface area contributed by atoms with Crippen molar-refractivity contribution in [2.45, 2.75) is 0 Å². The lowest BCUT2D eigenvalue weighted by Crippen LogP contribution is -2.14. The predicted octanol–water partition coefficient (Wildman–Crippen LogP) is 4.45. The molecule has 0 atom stereocenters. The zero-order chi connectivity index (χ0) is 22.5. The van der Waals surface area contributed by atoms with E-state index in [-0.39, 0.29) is 22.8 Å². The van der Waals surface area contributed by atoms with Crippen molar-refractivity contribution >= 4 is 29.0 Å². The summed E-state index contributed by atoms with van der Waals surface area (Å²) in [4.78, 5) is 32.9. The van der Waals surface area contributed by atoms with Crippen LogP contribution in [0, 0.1) is 37.4 Å². The van der Waals surface area contributed by atoms with E-state index >= 15 is 0 Å². The second-order valence-electron chi connectivity index (χ2n) is 6.02. The highest BCUT2D eigenvalue weighted by Crippen LogP contribution is 2.34. The fourth-order valence-corrected chi connectivity index (χ4v) is 2.61. The van der Waals surface area contributed by atoms with E-state index in [1.54, 1.807) is 6.07 Å². The van der Waals surface area contributed by atoms with Crippen LogP contribution in [-0.2, 0) is 4.79 Å². The van der Waals surface area contributed by atoms with Crippen molar-refractivity contribution < 1.29 is 23.4 Å². The molecule has 1 aromatic heterocycles. The van der Waals surface area contributed by atoms with Gasteiger partial charge in [0.25, 0.3) is 17.3 Å². The number of hydrogen-bond donors (Lipinski definition) is 1. The number of anilines is 1. The van der Waals surface area contributed by atoms with Crippen molar-refractivity contribution in [3.05, 3.63) is 92.0 Å². The number of nitrogens with zero attached hydrogens (tertiary/aromatic N) is 3. The fraction of sp³-hybridized carbons (Fsp3) is 0. The zero-order valence-corrected chi connectivity index (χ0v) is 15.4. The number of nitro groups is 2. The first-order valence-electron chi connectivity index (χ1n) is 8.51. The number of para-hydroxylation sites is 1. The number of furan rings is 1. The molecule has 1 amide bonds. The van der Waals surface area contributed by atoms with Crippen LogP contribution in [0.5, 0.6) is 0 Å². The first kappa shape index (κ1) is 20.9. The van der Waals surface area contributed by atoms with Gasteiger partial charge in [-0.3, -0.25) is 25.0 Å². The highest BCUT2D eigenvalue weighted by Gasteiger charge is 2.22. The predicted molar refractivity (Wildman–Crippen MR) is 106 cm³/mol. The lowest BCUT2D eigenvalue weighted by molar-refractivity contribution is -0.393. The molecule has 0 aliphatic carbocycles. The highest BCUT2D eigenvalue weighted by atomic mass is 19.1. The number of hydrogen-bond acceptors (Lipinski definition) is 7. The van der Waals surface area contributed by atoms with Crippen molar-refractivity contribution in [2.75, 3.05) is 5.32 Å². The average molecular weight is 422 g/mol. The molecule has 3 aromatic rings. The smallest absolute Gasteiger partial charge is 0.287 e. The number of carbonyl (C=O) groups excluding carboxylic acids is 1. The second kappa shape index (κ2) is 8.66. The normalized spacial score (nSPS) is 10.9. The first-order chi connectivity index (χ1) is 14.8. The molecule has 1 heterocycles. The van der Waals surface area contributed by atoms with Gasteiger partial charge in [0.05, 0.1) is 27.2 Å². The number of non-ortho nitro benzene ring substituents is 1. The van der Waals surface area contributed by atoms with Crippen LogP contribution in [0.25, 0.3) is 17.4 Å². The van der Waals surface area contributed by atoms with Crippen LogP contribution in [0.15, 0.2) is 64.6 Å². The third-order valence-corrected chi connectivity index (χ3v) is 4.05. The van der Waals surface area contributed by atoms with E-state index < -0.39 is 38.5 Å². The molecule has 0 bridgehead atoms. The molecular weight excluding hydrogens is 411 g/mol. The lowest BCUT2D eigenvalue weighted by atomic mass is 10.1. The van der Waals surface area contributed by atoms with Gasteiger partial charge in [-0.15, -0.1) is 0 Å². The Kier molecular flexibility index (Phi) is 5.83. The van der Waals surface area contributed by atoms with Crippen LogP contribution < -0.4 is 5.32 Å². The number of halogens is 1. The zero-order valence-electron chi connectivity index (χ0n) is 15.4. The second-order valence-corrected chi connectivity index (χ2v) is 6.02. The SMILES string of the molecule is N#C/C(=C/c1ccc(-c2ccc([N+](=O)[O-])cc2[N+](=O)[O-])o1)C(=O)Nc1ccccc1F. The molecular formula is C20H11FN4O6. The number of nitrogens with one attached hydrogen (secondary N) is 1. The molecule has 0 radical (unpaired) electrons. The monoisotopic (exact) mass is 422 g/mol. The molecule has 3 rings (SSSR count). The number of rotatable bonds is 6. The summed E-state index contributed by atoms with van der Waals surface area (Å²) in [5.74, 6) is -1.55. The van der Waals surface area contributed by atoms with Gasteiger partial charge in [-0.2, -0.15) is 5.26 Å². The molecule has 0 spiro atoms. The Morgan fingerprint density at radius 1 is 1.10 bits per heavy atom. The largest absolute Gasteiger partial charge is 0.456 e. The van der Waals surface area contributed by atoms with Gasteiger partial charge >= 0.3 is 0 Å². The average Bonchev–Trinajstić information content (AvgIpc) is 3.21. The van der Waals surface area contributed by atoms with Crippen LogP contribution in [-0.4, -0.2) is 15.8 Å². The maximum absolute atomic E-state index is 13.7. The minimum Gasteiger partial charge on any atom is -0.456 e. The van der Waals surface area contributed by atoms with Crippen molar-refractivity contribution in [2.24, 2.45) is 0 Å².